The maximum atomic E-state index is 15.1. The molecule has 13 heteroatoms. The van der Waals surface area contributed by atoms with Crippen molar-refractivity contribution in [1.82, 2.24) is 15.2 Å². The highest BCUT2D eigenvalue weighted by Crippen LogP contribution is 2.28. The third-order valence-electron chi connectivity index (χ3n) is 6.05. The molecule has 2 amide bonds. The van der Waals surface area contributed by atoms with E-state index in [4.69, 9.17) is 11.6 Å². The molecule has 0 unspecified atom stereocenters. The van der Waals surface area contributed by atoms with Crippen molar-refractivity contribution in [2.24, 2.45) is 0 Å². The number of alkyl halides is 2. The number of carbonyl (C=O) groups is 2. The van der Waals surface area contributed by atoms with Crippen LogP contribution in [0.2, 0.25) is 5.02 Å². The van der Waals surface area contributed by atoms with Crippen LogP contribution in [0.1, 0.15) is 43.2 Å². The van der Waals surface area contributed by atoms with E-state index in [0.717, 1.165) is 18.5 Å². The Labute approximate surface area is 234 Å². The molecule has 1 aromatic carbocycles. The Balaban J connectivity index is 1.69. The van der Waals surface area contributed by atoms with Crippen molar-refractivity contribution >= 4 is 29.4 Å². The number of halogens is 4. The zero-order chi connectivity index (χ0) is 29.7. The van der Waals surface area contributed by atoms with Gasteiger partial charge in [-0.25, -0.2) is 14.2 Å². The molecule has 0 saturated carbocycles. The third-order valence-corrected chi connectivity index (χ3v) is 6.37. The number of nitrogens with zero attached hydrogens (tertiary/aromatic N) is 3. The number of carbonyl (C=O) groups excluding carboxylic acids is 1. The highest BCUT2D eigenvalue weighted by Gasteiger charge is 2.39. The van der Waals surface area contributed by atoms with Crippen LogP contribution in [-0.2, 0) is 30.2 Å². The molecule has 0 saturated heterocycles. The molecule has 0 aliphatic heterocycles. The number of hydrogen-bond acceptors (Lipinski definition) is 5. The van der Waals surface area contributed by atoms with Crippen LogP contribution in [-0.4, -0.2) is 39.1 Å². The summed E-state index contributed by atoms with van der Waals surface area (Å²) in [5, 5.41) is 26.0. The van der Waals surface area contributed by atoms with Crippen LogP contribution in [0.4, 0.5) is 23.8 Å². The number of carboxylic acid groups (broad SMARTS) is 1. The van der Waals surface area contributed by atoms with Crippen molar-refractivity contribution < 1.29 is 32.6 Å². The summed E-state index contributed by atoms with van der Waals surface area (Å²) < 4.78 is 44.3. The fraction of sp³-hybridized carbons (Fsp3) is 0.333. The highest BCUT2D eigenvalue weighted by atomic mass is 35.5. The quantitative estimate of drug-likeness (QED) is 0.233. The Morgan fingerprint density at radius 2 is 1.77 bits per heavy atom. The molecule has 0 aliphatic rings. The maximum absolute atomic E-state index is 15.1. The minimum Gasteiger partial charge on any atom is -0.618 e. The molecule has 0 fully saturated rings. The van der Waals surface area contributed by atoms with Crippen LogP contribution in [0.15, 0.2) is 54.9 Å². The van der Waals surface area contributed by atoms with E-state index < -0.39 is 53.8 Å². The summed E-state index contributed by atoms with van der Waals surface area (Å²) in [5.74, 6) is -5.89. The van der Waals surface area contributed by atoms with Gasteiger partial charge < -0.3 is 20.9 Å². The summed E-state index contributed by atoms with van der Waals surface area (Å²) in [6.07, 6.45) is 0.355. The number of anilines is 1. The van der Waals surface area contributed by atoms with Gasteiger partial charge in [-0.15, -0.1) is 0 Å². The fourth-order valence-electron chi connectivity index (χ4n) is 3.85. The van der Waals surface area contributed by atoms with Gasteiger partial charge in [-0.1, -0.05) is 35.9 Å². The zero-order valence-corrected chi connectivity index (χ0v) is 22.8. The second-order valence-electron chi connectivity index (χ2n) is 9.98. The van der Waals surface area contributed by atoms with Gasteiger partial charge in [-0.2, -0.15) is 13.5 Å². The Bertz CT molecular complexity index is 1380. The van der Waals surface area contributed by atoms with Crippen molar-refractivity contribution in [3.63, 3.8) is 0 Å². The van der Waals surface area contributed by atoms with E-state index in [1.54, 1.807) is 45.0 Å². The van der Waals surface area contributed by atoms with Gasteiger partial charge in [0, 0.05) is 42.5 Å². The van der Waals surface area contributed by atoms with Gasteiger partial charge in [0.1, 0.15) is 0 Å². The van der Waals surface area contributed by atoms with Crippen LogP contribution in [0.25, 0.3) is 0 Å². The average molecular weight is 580 g/mol. The van der Waals surface area contributed by atoms with E-state index in [9.17, 15) is 28.7 Å². The summed E-state index contributed by atoms with van der Waals surface area (Å²) in [4.78, 5) is 29.4. The van der Waals surface area contributed by atoms with Crippen molar-refractivity contribution in [3.8, 4) is 0 Å². The SMILES string of the molecule is CC(C)(C)N(Cc1ccccc1CNC(=O)Cc1c(Cl)cnc(NCC(F)(F)c2cccc[n+]2[O-])c1F)C(=O)O. The second-order valence-corrected chi connectivity index (χ2v) is 10.4. The highest BCUT2D eigenvalue weighted by molar-refractivity contribution is 6.31. The number of nitrogens with one attached hydrogen (secondary N) is 2. The summed E-state index contributed by atoms with van der Waals surface area (Å²) >= 11 is 6.06. The molecule has 214 valence electrons. The lowest BCUT2D eigenvalue weighted by Gasteiger charge is -2.33. The maximum Gasteiger partial charge on any atom is 0.408 e. The summed E-state index contributed by atoms with van der Waals surface area (Å²) in [6, 6.07) is 10.5. The van der Waals surface area contributed by atoms with Gasteiger partial charge in [0.05, 0.1) is 18.0 Å². The van der Waals surface area contributed by atoms with Gasteiger partial charge in [0.15, 0.2) is 17.8 Å². The van der Waals surface area contributed by atoms with E-state index in [1.165, 1.54) is 17.0 Å². The van der Waals surface area contributed by atoms with E-state index in [1.807, 2.05) is 0 Å². The molecule has 0 spiro atoms. The van der Waals surface area contributed by atoms with Crippen LogP contribution >= 0.6 is 11.6 Å². The van der Waals surface area contributed by atoms with Gasteiger partial charge in [0.25, 0.3) is 5.69 Å². The molecule has 3 N–H and O–H groups in total. The number of amides is 2. The first-order valence-electron chi connectivity index (χ1n) is 12.2. The molecule has 40 heavy (non-hydrogen) atoms. The minimum absolute atomic E-state index is 0.0174. The Hall–Kier alpha value is -4.06. The molecule has 0 aliphatic carbocycles. The molecular formula is C27H29ClF3N5O4. The van der Waals surface area contributed by atoms with Gasteiger partial charge in [0.2, 0.25) is 5.91 Å². The molecule has 3 rings (SSSR count). The van der Waals surface area contributed by atoms with Gasteiger partial charge >= 0.3 is 12.0 Å². The Morgan fingerprint density at radius 1 is 1.12 bits per heavy atom. The minimum atomic E-state index is -3.65. The normalized spacial score (nSPS) is 11.7. The number of aromatic nitrogens is 2. The molecule has 9 nitrogen and oxygen atoms in total. The van der Waals surface area contributed by atoms with Gasteiger partial charge in [-0.3, -0.25) is 9.69 Å². The Morgan fingerprint density at radius 3 is 2.40 bits per heavy atom. The first-order chi connectivity index (χ1) is 18.7. The van der Waals surface area contributed by atoms with Crippen molar-refractivity contribution in [2.45, 2.75) is 51.7 Å². The number of rotatable bonds is 10. The van der Waals surface area contributed by atoms with Crippen molar-refractivity contribution in [2.75, 3.05) is 11.9 Å². The fourth-order valence-corrected chi connectivity index (χ4v) is 4.05. The van der Waals surface area contributed by atoms with Crippen LogP contribution < -0.4 is 15.4 Å². The van der Waals surface area contributed by atoms with Crippen LogP contribution in [0, 0.1) is 11.0 Å². The van der Waals surface area contributed by atoms with Crippen LogP contribution in [0.3, 0.4) is 0 Å². The first kappa shape index (κ1) is 30.5. The molecule has 0 radical (unpaired) electrons. The van der Waals surface area contributed by atoms with Crippen molar-refractivity contribution in [1.29, 1.82) is 0 Å². The molecular weight excluding hydrogens is 551 g/mol. The smallest absolute Gasteiger partial charge is 0.408 e. The topological polar surface area (TPSA) is 122 Å². The summed E-state index contributed by atoms with van der Waals surface area (Å²) in [5.41, 5.74) is -0.403. The standard InChI is InChI=1S/C27H29ClF3N5O4/c1-26(2,3)35(25(38)39)15-18-9-5-4-8-17(18)13-32-22(37)12-19-20(28)14-33-24(23(19)29)34-16-27(30,31)21-10-6-7-11-36(21)40/h4-11,14H,12-13,15-16H2,1-3H3,(H,32,37)(H,33,34)(H,38,39). The van der Waals surface area contributed by atoms with E-state index in [-0.39, 0.29) is 28.4 Å². The zero-order valence-electron chi connectivity index (χ0n) is 22.1. The predicted octanol–water partition coefficient (Wildman–Crippen LogP) is 4.85. The monoisotopic (exact) mass is 579 g/mol. The molecule has 0 bridgehead atoms. The van der Waals surface area contributed by atoms with E-state index in [2.05, 4.69) is 15.6 Å². The lowest BCUT2D eigenvalue weighted by molar-refractivity contribution is -0.624. The van der Waals surface area contributed by atoms with Crippen LogP contribution in [0.5, 0.6) is 0 Å². The largest absolute Gasteiger partial charge is 0.618 e. The van der Waals surface area contributed by atoms with Gasteiger partial charge in [-0.05, 0) is 38.0 Å². The number of hydrogen-bond donors (Lipinski definition) is 3. The first-order valence-corrected chi connectivity index (χ1v) is 12.6. The summed E-state index contributed by atoms with van der Waals surface area (Å²) in [7, 11) is 0. The molecule has 0 atom stereocenters. The molecule has 2 aromatic heterocycles. The number of pyridine rings is 2. The summed E-state index contributed by atoms with van der Waals surface area (Å²) in [6.45, 7) is 4.29. The van der Waals surface area contributed by atoms with E-state index in [0.29, 0.717) is 11.1 Å². The van der Waals surface area contributed by atoms with Crippen molar-refractivity contribution in [3.05, 3.63) is 93.3 Å². The molecule has 3 aromatic rings. The lowest BCUT2D eigenvalue weighted by atomic mass is 10.0. The third kappa shape index (κ3) is 7.53. The van der Waals surface area contributed by atoms with E-state index >= 15 is 4.39 Å². The molecule has 2 heterocycles. The number of benzene rings is 1. The predicted molar refractivity (Wildman–Crippen MR) is 142 cm³/mol. The lowest BCUT2D eigenvalue weighted by Crippen LogP contribution is -2.44. The Kier molecular flexibility index (Phi) is 9.46. The second kappa shape index (κ2) is 12.4. The average Bonchev–Trinajstić information content (AvgIpc) is 2.87.